The topological polar surface area (TPSA) is 21.3 Å². The highest BCUT2D eigenvalue weighted by molar-refractivity contribution is 5.30. The fraction of sp³-hybridized carbons (Fsp3) is 0.625. The van der Waals surface area contributed by atoms with Gasteiger partial charge in [-0.15, -0.1) is 0 Å². The van der Waals surface area contributed by atoms with Crippen LogP contribution in [0.25, 0.3) is 0 Å². The molecule has 0 amide bonds. The first kappa shape index (κ1) is 13.6. The Morgan fingerprint density at radius 1 is 1.33 bits per heavy atom. The van der Waals surface area contributed by atoms with Gasteiger partial charge in [0, 0.05) is 12.6 Å². The van der Waals surface area contributed by atoms with Gasteiger partial charge in [0.2, 0.25) is 0 Å². The lowest BCUT2D eigenvalue weighted by Gasteiger charge is -2.33. The van der Waals surface area contributed by atoms with Gasteiger partial charge in [-0.2, -0.15) is 0 Å². The van der Waals surface area contributed by atoms with Crippen molar-refractivity contribution in [3.8, 4) is 0 Å². The fourth-order valence-electron chi connectivity index (χ4n) is 2.86. The Bertz CT molecular complexity index is 408. The molecule has 1 aromatic carbocycles. The van der Waals surface area contributed by atoms with E-state index in [1.165, 1.54) is 23.1 Å². The van der Waals surface area contributed by atoms with Gasteiger partial charge in [0.15, 0.2) is 0 Å². The number of rotatable bonds is 4. The third-order valence-corrected chi connectivity index (χ3v) is 4.35. The van der Waals surface area contributed by atoms with Gasteiger partial charge in [0.25, 0.3) is 0 Å². The average molecular weight is 247 g/mol. The van der Waals surface area contributed by atoms with Gasteiger partial charge < -0.3 is 10.1 Å². The first-order valence-corrected chi connectivity index (χ1v) is 6.92. The number of likely N-dealkylation sites (N-methyl/N-ethyl adjacent to an activating group) is 1. The van der Waals surface area contributed by atoms with E-state index in [-0.39, 0.29) is 5.60 Å². The zero-order valence-corrected chi connectivity index (χ0v) is 12.0. The number of hydrogen-bond donors (Lipinski definition) is 1. The lowest BCUT2D eigenvalue weighted by Crippen LogP contribution is -2.48. The molecule has 1 aliphatic rings. The van der Waals surface area contributed by atoms with E-state index in [9.17, 15) is 0 Å². The summed E-state index contributed by atoms with van der Waals surface area (Å²) in [5.74, 6) is 0. The molecule has 1 saturated heterocycles. The molecule has 2 rings (SSSR count). The molecule has 1 aromatic rings. The molecule has 100 valence electrons. The zero-order chi connectivity index (χ0) is 13.2. The molecule has 2 heteroatoms. The van der Waals surface area contributed by atoms with E-state index >= 15 is 0 Å². The predicted molar refractivity (Wildman–Crippen MR) is 76.1 cm³/mol. The van der Waals surface area contributed by atoms with Crippen molar-refractivity contribution in [3.63, 3.8) is 0 Å². The highest BCUT2D eigenvalue weighted by atomic mass is 16.5. The summed E-state index contributed by atoms with van der Waals surface area (Å²) in [6.45, 7) is 7.49. The number of ether oxygens (including phenoxy) is 1. The van der Waals surface area contributed by atoms with Gasteiger partial charge in [-0.1, -0.05) is 18.2 Å². The van der Waals surface area contributed by atoms with Crippen LogP contribution < -0.4 is 5.32 Å². The first-order chi connectivity index (χ1) is 8.55. The van der Waals surface area contributed by atoms with Gasteiger partial charge in [-0.05, 0) is 63.8 Å². The molecule has 0 saturated carbocycles. The van der Waals surface area contributed by atoms with Crippen molar-refractivity contribution in [1.29, 1.82) is 0 Å². The maximum atomic E-state index is 5.96. The molecule has 1 aliphatic heterocycles. The number of aryl methyl sites for hydroxylation is 2. The lowest BCUT2D eigenvalue weighted by molar-refractivity contribution is -0.00943. The van der Waals surface area contributed by atoms with E-state index in [0.29, 0.717) is 6.04 Å². The average Bonchev–Trinajstić information content (AvgIpc) is 2.78. The third-order valence-electron chi connectivity index (χ3n) is 4.35. The summed E-state index contributed by atoms with van der Waals surface area (Å²) < 4.78 is 5.96. The molecule has 0 bridgehead atoms. The van der Waals surface area contributed by atoms with E-state index in [2.05, 4.69) is 44.3 Å². The second-order valence-corrected chi connectivity index (χ2v) is 5.73. The summed E-state index contributed by atoms with van der Waals surface area (Å²) in [4.78, 5) is 0. The van der Waals surface area contributed by atoms with Crippen LogP contribution in [0, 0.1) is 13.8 Å². The van der Waals surface area contributed by atoms with Gasteiger partial charge in [-0.25, -0.2) is 0 Å². The number of hydrogen-bond acceptors (Lipinski definition) is 2. The first-order valence-electron chi connectivity index (χ1n) is 6.92. The molecule has 2 unspecified atom stereocenters. The van der Waals surface area contributed by atoms with Crippen molar-refractivity contribution in [3.05, 3.63) is 34.9 Å². The summed E-state index contributed by atoms with van der Waals surface area (Å²) in [7, 11) is 2.04. The molecule has 0 aliphatic carbocycles. The van der Waals surface area contributed by atoms with Crippen molar-refractivity contribution in [1.82, 2.24) is 5.32 Å². The van der Waals surface area contributed by atoms with Crippen molar-refractivity contribution in [2.24, 2.45) is 0 Å². The van der Waals surface area contributed by atoms with Crippen LogP contribution in [0.1, 0.15) is 36.5 Å². The second kappa shape index (κ2) is 5.41. The van der Waals surface area contributed by atoms with Crippen molar-refractivity contribution >= 4 is 0 Å². The van der Waals surface area contributed by atoms with Crippen molar-refractivity contribution in [2.75, 3.05) is 13.7 Å². The lowest BCUT2D eigenvalue weighted by atomic mass is 9.88. The van der Waals surface area contributed by atoms with Crippen molar-refractivity contribution in [2.45, 2.75) is 51.7 Å². The van der Waals surface area contributed by atoms with Gasteiger partial charge >= 0.3 is 0 Å². The van der Waals surface area contributed by atoms with E-state index in [1.54, 1.807) is 0 Å². The van der Waals surface area contributed by atoms with Gasteiger partial charge in [0.05, 0.1) is 5.60 Å². The molecule has 2 nitrogen and oxygen atoms in total. The third kappa shape index (κ3) is 2.76. The van der Waals surface area contributed by atoms with Crippen molar-refractivity contribution < 1.29 is 4.74 Å². The number of nitrogens with one attached hydrogen (secondary N) is 1. The molecule has 0 radical (unpaired) electrons. The van der Waals surface area contributed by atoms with Crippen LogP contribution in [0.2, 0.25) is 0 Å². The highest BCUT2D eigenvalue weighted by Crippen LogP contribution is 2.30. The Morgan fingerprint density at radius 2 is 2.11 bits per heavy atom. The molecular formula is C16H25NO. The standard InChI is InChI=1S/C16H25NO/c1-12-6-7-14(10-13(12)2)11-15(17-4)16(3)8-5-9-18-16/h6-7,10,15,17H,5,8-9,11H2,1-4H3. The fourth-order valence-corrected chi connectivity index (χ4v) is 2.86. The predicted octanol–water partition coefficient (Wildman–Crippen LogP) is 3.00. The molecule has 18 heavy (non-hydrogen) atoms. The quantitative estimate of drug-likeness (QED) is 0.883. The second-order valence-electron chi connectivity index (χ2n) is 5.73. The zero-order valence-electron chi connectivity index (χ0n) is 12.0. The molecule has 1 heterocycles. The minimum atomic E-state index is -0.00641. The minimum absolute atomic E-state index is 0.00641. The normalized spacial score (nSPS) is 25.3. The molecule has 1 fully saturated rings. The molecule has 1 N–H and O–H groups in total. The summed E-state index contributed by atoms with van der Waals surface area (Å²) in [6.07, 6.45) is 3.37. The van der Waals surface area contributed by atoms with Gasteiger partial charge in [-0.3, -0.25) is 0 Å². The summed E-state index contributed by atoms with van der Waals surface area (Å²) in [6, 6.07) is 7.15. The highest BCUT2D eigenvalue weighted by Gasteiger charge is 2.37. The maximum absolute atomic E-state index is 5.96. The van der Waals surface area contributed by atoms with Crippen LogP contribution in [-0.2, 0) is 11.2 Å². The Balaban J connectivity index is 2.12. The van der Waals surface area contributed by atoms with E-state index in [4.69, 9.17) is 4.74 Å². The summed E-state index contributed by atoms with van der Waals surface area (Å²) in [5.41, 5.74) is 4.13. The Hall–Kier alpha value is -0.860. The van der Waals surface area contributed by atoms with Crippen LogP contribution in [-0.4, -0.2) is 25.3 Å². The molecule has 0 aromatic heterocycles. The van der Waals surface area contributed by atoms with E-state index in [1.807, 2.05) is 7.05 Å². The molecule has 2 atom stereocenters. The largest absolute Gasteiger partial charge is 0.374 e. The Morgan fingerprint density at radius 3 is 2.67 bits per heavy atom. The number of benzene rings is 1. The monoisotopic (exact) mass is 247 g/mol. The van der Waals surface area contributed by atoms with E-state index in [0.717, 1.165) is 19.4 Å². The van der Waals surface area contributed by atoms with Crippen LogP contribution in [0.3, 0.4) is 0 Å². The van der Waals surface area contributed by atoms with Crippen LogP contribution >= 0.6 is 0 Å². The Kier molecular flexibility index (Phi) is 4.08. The smallest absolute Gasteiger partial charge is 0.0810 e. The van der Waals surface area contributed by atoms with Gasteiger partial charge in [0.1, 0.15) is 0 Å². The minimum Gasteiger partial charge on any atom is -0.374 e. The summed E-state index contributed by atoms with van der Waals surface area (Å²) in [5, 5.41) is 3.44. The molecular weight excluding hydrogens is 222 g/mol. The maximum Gasteiger partial charge on any atom is 0.0810 e. The Labute approximate surface area is 111 Å². The SMILES string of the molecule is CNC(Cc1ccc(C)c(C)c1)C1(C)CCCO1. The summed E-state index contributed by atoms with van der Waals surface area (Å²) >= 11 is 0. The van der Waals surface area contributed by atoms with Crippen LogP contribution in [0.15, 0.2) is 18.2 Å². The van der Waals surface area contributed by atoms with E-state index < -0.39 is 0 Å². The van der Waals surface area contributed by atoms with Crippen LogP contribution in [0.5, 0.6) is 0 Å². The van der Waals surface area contributed by atoms with Crippen LogP contribution in [0.4, 0.5) is 0 Å². The molecule has 0 spiro atoms.